The van der Waals surface area contributed by atoms with E-state index in [4.69, 9.17) is 13.9 Å². The Morgan fingerprint density at radius 2 is 1.84 bits per heavy atom. The summed E-state index contributed by atoms with van der Waals surface area (Å²) in [6.45, 7) is 5.33. The molecular weight excluding hydrogens is 408 g/mol. The lowest BCUT2D eigenvalue weighted by Crippen LogP contribution is -2.11. The molecule has 4 rings (SSSR count). The van der Waals surface area contributed by atoms with Crippen molar-refractivity contribution in [3.63, 3.8) is 0 Å². The molecule has 0 aliphatic rings. The van der Waals surface area contributed by atoms with E-state index >= 15 is 0 Å². The van der Waals surface area contributed by atoms with Crippen molar-refractivity contribution in [1.29, 1.82) is 0 Å². The Balaban J connectivity index is 1.52. The Labute approximate surface area is 185 Å². The Morgan fingerprint density at radius 1 is 1.06 bits per heavy atom. The van der Waals surface area contributed by atoms with Gasteiger partial charge in [-0.3, -0.25) is 4.79 Å². The second kappa shape index (κ2) is 9.93. The van der Waals surface area contributed by atoms with Crippen molar-refractivity contribution in [2.75, 3.05) is 25.1 Å². The maximum Gasteiger partial charge on any atom is 0.336 e. The van der Waals surface area contributed by atoms with E-state index in [1.807, 2.05) is 50.2 Å². The average molecular weight is 432 g/mol. The highest BCUT2D eigenvalue weighted by Crippen LogP contribution is 2.25. The van der Waals surface area contributed by atoms with Gasteiger partial charge in [-0.2, -0.15) is 4.98 Å². The van der Waals surface area contributed by atoms with Gasteiger partial charge in [0, 0.05) is 17.9 Å². The minimum absolute atomic E-state index is 0.167. The van der Waals surface area contributed by atoms with Gasteiger partial charge in [-0.05, 0) is 62.4 Å². The molecule has 2 aromatic heterocycles. The van der Waals surface area contributed by atoms with E-state index in [9.17, 15) is 4.79 Å². The molecule has 0 bridgehead atoms. The first-order valence-corrected chi connectivity index (χ1v) is 10.3. The first-order valence-electron chi connectivity index (χ1n) is 10.3. The highest BCUT2D eigenvalue weighted by atomic mass is 16.5. The molecule has 2 heterocycles. The number of aryl methyl sites for hydroxylation is 1. The van der Waals surface area contributed by atoms with Gasteiger partial charge >= 0.3 is 6.01 Å². The van der Waals surface area contributed by atoms with E-state index < -0.39 is 0 Å². The molecule has 0 fully saturated rings. The zero-order valence-corrected chi connectivity index (χ0v) is 17.9. The van der Waals surface area contributed by atoms with Gasteiger partial charge in [0.05, 0.1) is 18.6 Å². The molecule has 0 atom stereocenters. The van der Waals surface area contributed by atoms with Crippen LogP contribution in [0.2, 0.25) is 0 Å². The second-order valence-electron chi connectivity index (χ2n) is 7.02. The molecule has 2 aromatic carbocycles. The largest absolute Gasteiger partial charge is 0.461 e. The summed E-state index contributed by atoms with van der Waals surface area (Å²) in [4.78, 5) is 16.9. The van der Waals surface area contributed by atoms with Crippen molar-refractivity contribution < 1.29 is 18.7 Å². The number of amides is 1. The first kappa shape index (κ1) is 21.3. The first-order chi connectivity index (χ1) is 15.6. The lowest BCUT2D eigenvalue weighted by Gasteiger charge is -2.08. The van der Waals surface area contributed by atoms with Gasteiger partial charge in [-0.1, -0.05) is 17.7 Å². The van der Waals surface area contributed by atoms with Crippen molar-refractivity contribution >= 4 is 11.6 Å². The number of nitrogens with zero attached hydrogens (tertiary/aromatic N) is 3. The van der Waals surface area contributed by atoms with Gasteiger partial charge in [-0.15, -0.1) is 5.10 Å². The number of carbonyl (C=O) groups is 1. The summed E-state index contributed by atoms with van der Waals surface area (Å²) in [5.74, 6) is 0.909. The number of benzene rings is 2. The molecule has 0 spiro atoms. The van der Waals surface area contributed by atoms with Crippen molar-refractivity contribution in [2.45, 2.75) is 13.8 Å². The highest BCUT2D eigenvalue weighted by Gasteiger charge is 2.17. The third-order valence-electron chi connectivity index (χ3n) is 4.68. The molecule has 0 unspecified atom stereocenters. The molecule has 0 saturated carbocycles. The molecule has 0 aliphatic heterocycles. The van der Waals surface area contributed by atoms with Crippen LogP contribution in [0.3, 0.4) is 0 Å². The molecule has 0 radical (unpaired) electrons. The van der Waals surface area contributed by atoms with E-state index in [0.29, 0.717) is 42.7 Å². The van der Waals surface area contributed by atoms with E-state index in [1.54, 1.807) is 35.2 Å². The molecule has 164 valence electrons. The van der Waals surface area contributed by atoms with Gasteiger partial charge in [0.25, 0.3) is 5.91 Å². The minimum atomic E-state index is -0.167. The van der Waals surface area contributed by atoms with Crippen LogP contribution in [0.1, 0.15) is 22.8 Å². The monoisotopic (exact) mass is 432 g/mol. The van der Waals surface area contributed by atoms with Crippen LogP contribution in [0.5, 0.6) is 6.01 Å². The molecule has 1 amide bonds. The molecule has 4 aromatic rings. The number of hydrogen-bond donors (Lipinski definition) is 1. The fraction of sp³-hybridized carbons (Fsp3) is 0.208. The van der Waals surface area contributed by atoms with Crippen LogP contribution < -0.4 is 10.1 Å². The summed E-state index contributed by atoms with van der Waals surface area (Å²) in [6.07, 6.45) is 1.58. The van der Waals surface area contributed by atoms with Crippen LogP contribution in [0.15, 0.2) is 71.3 Å². The number of aromatic nitrogens is 3. The van der Waals surface area contributed by atoms with Gasteiger partial charge in [0.1, 0.15) is 6.61 Å². The maximum atomic E-state index is 12.5. The standard InChI is InChI=1S/C24H24N4O4/c1-3-30-15-16-32-24-26-22(21-5-4-14-31-21)28(27-24)20-12-10-19(11-13-20)25-23(29)18-8-6-17(2)7-9-18/h4-14H,3,15-16H2,1-2H3,(H,25,29). The maximum absolute atomic E-state index is 12.5. The Hall–Kier alpha value is -3.91. The number of rotatable bonds is 9. The predicted octanol–water partition coefficient (Wildman–Crippen LogP) is 4.50. The van der Waals surface area contributed by atoms with E-state index in [1.165, 1.54) is 0 Å². The van der Waals surface area contributed by atoms with Crippen LogP contribution in [0, 0.1) is 6.92 Å². The molecule has 0 aliphatic carbocycles. The fourth-order valence-corrected chi connectivity index (χ4v) is 3.03. The van der Waals surface area contributed by atoms with Crippen molar-refractivity contribution in [1.82, 2.24) is 14.8 Å². The van der Waals surface area contributed by atoms with Crippen molar-refractivity contribution in [3.8, 4) is 23.3 Å². The van der Waals surface area contributed by atoms with E-state index in [2.05, 4.69) is 15.4 Å². The molecule has 0 saturated heterocycles. The smallest absolute Gasteiger partial charge is 0.336 e. The number of anilines is 1. The molecule has 1 N–H and O–H groups in total. The number of furan rings is 1. The summed E-state index contributed by atoms with van der Waals surface area (Å²) in [5, 5.41) is 7.36. The zero-order chi connectivity index (χ0) is 22.3. The lowest BCUT2D eigenvalue weighted by atomic mass is 10.1. The number of carbonyl (C=O) groups excluding carboxylic acids is 1. The molecule has 8 heteroatoms. The second-order valence-corrected chi connectivity index (χ2v) is 7.02. The summed E-state index contributed by atoms with van der Waals surface area (Å²) >= 11 is 0. The van der Waals surface area contributed by atoms with Crippen LogP contribution in [0.4, 0.5) is 5.69 Å². The van der Waals surface area contributed by atoms with E-state index in [-0.39, 0.29) is 11.9 Å². The third kappa shape index (κ3) is 5.04. The van der Waals surface area contributed by atoms with Gasteiger partial charge in [0.2, 0.25) is 5.82 Å². The quantitative estimate of drug-likeness (QED) is 0.392. The Morgan fingerprint density at radius 3 is 2.53 bits per heavy atom. The van der Waals surface area contributed by atoms with Crippen molar-refractivity contribution in [2.24, 2.45) is 0 Å². The average Bonchev–Trinajstić information content (AvgIpc) is 3.48. The number of ether oxygens (including phenoxy) is 2. The summed E-state index contributed by atoms with van der Waals surface area (Å²) in [6, 6.07) is 18.6. The fourth-order valence-electron chi connectivity index (χ4n) is 3.03. The molecule has 32 heavy (non-hydrogen) atoms. The van der Waals surface area contributed by atoms with Crippen LogP contribution in [-0.4, -0.2) is 40.5 Å². The number of nitrogens with one attached hydrogen (secondary N) is 1. The van der Waals surface area contributed by atoms with Crippen LogP contribution in [0.25, 0.3) is 17.3 Å². The topological polar surface area (TPSA) is 91.4 Å². The molecular formula is C24H24N4O4. The molecule has 8 nitrogen and oxygen atoms in total. The predicted molar refractivity (Wildman–Crippen MR) is 120 cm³/mol. The summed E-state index contributed by atoms with van der Waals surface area (Å²) < 4.78 is 18.1. The normalized spacial score (nSPS) is 10.8. The number of hydrogen-bond acceptors (Lipinski definition) is 6. The summed E-state index contributed by atoms with van der Waals surface area (Å²) in [5.41, 5.74) is 3.13. The third-order valence-corrected chi connectivity index (χ3v) is 4.68. The lowest BCUT2D eigenvalue weighted by molar-refractivity contribution is 0.102. The van der Waals surface area contributed by atoms with Gasteiger partial charge in [-0.25, -0.2) is 4.68 Å². The SMILES string of the molecule is CCOCCOc1nc(-c2ccco2)n(-c2ccc(NC(=O)c3ccc(C)cc3)cc2)n1. The van der Waals surface area contributed by atoms with Crippen LogP contribution >= 0.6 is 0 Å². The van der Waals surface area contributed by atoms with Crippen molar-refractivity contribution in [3.05, 3.63) is 78.1 Å². The highest BCUT2D eigenvalue weighted by molar-refractivity contribution is 6.04. The van der Waals surface area contributed by atoms with Crippen LogP contribution in [-0.2, 0) is 4.74 Å². The Bertz CT molecular complexity index is 1150. The van der Waals surface area contributed by atoms with E-state index in [0.717, 1.165) is 11.3 Å². The van der Waals surface area contributed by atoms with Gasteiger partial charge < -0.3 is 19.2 Å². The van der Waals surface area contributed by atoms with Gasteiger partial charge in [0.15, 0.2) is 5.76 Å². The minimum Gasteiger partial charge on any atom is -0.461 e. The zero-order valence-electron chi connectivity index (χ0n) is 17.9. The summed E-state index contributed by atoms with van der Waals surface area (Å²) in [7, 11) is 0. The Kier molecular flexibility index (Phi) is 6.62.